The van der Waals surface area contributed by atoms with Crippen LogP contribution in [0.15, 0.2) is 30.3 Å². The highest BCUT2D eigenvalue weighted by Gasteiger charge is 2.12. The van der Waals surface area contributed by atoms with E-state index in [2.05, 4.69) is 5.32 Å². The molecule has 18 heavy (non-hydrogen) atoms. The zero-order chi connectivity index (χ0) is 13.1. The molecule has 1 aromatic heterocycles. The molecule has 0 saturated carbocycles. The molecule has 1 heterocycles. The maximum Gasteiger partial charge on any atom is 0.253 e. The van der Waals surface area contributed by atoms with Crippen LogP contribution in [0.5, 0.6) is 0 Å². The molecule has 0 radical (unpaired) electrons. The molecule has 5 heteroatoms. The van der Waals surface area contributed by atoms with Crippen molar-refractivity contribution in [2.45, 2.75) is 13.5 Å². The first-order valence-corrected chi connectivity index (χ1v) is 6.65. The van der Waals surface area contributed by atoms with Gasteiger partial charge in [-0.15, -0.1) is 11.3 Å². The summed E-state index contributed by atoms with van der Waals surface area (Å²) >= 11 is 7.28. The molecule has 0 saturated heterocycles. The van der Waals surface area contributed by atoms with Gasteiger partial charge < -0.3 is 11.1 Å². The summed E-state index contributed by atoms with van der Waals surface area (Å²) in [5.41, 5.74) is 7.73. The largest absolute Gasteiger partial charge is 0.398 e. The van der Waals surface area contributed by atoms with Crippen LogP contribution in [-0.4, -0.2) is 5.91 Å². The van der Waals surface area contributed by atoms with E-state index in [9.17, 15) is 4.79 Å². The molecule has 0 spiro atoms. The summed E-state index contributed by atoms with van der Waals surface area (Å²) in [5.74, 6) is -0.157. The Morgan fingerprint density at radius 2 is 2.17 bits per heavy atom. The molecule has 1 aromatic carbocycles. The molecule has 94 valence electrons. The first kappa shape index (κ1) is 12.9. The van der Waals surface area contributed by atoms with E-state index in [4.69, 9.17) is 17.3 Å². The summed E-state index contributed by atoms with van der Waals surface area (Å²) in [4.78, 5) is 13.1. The van der Waals surface area contributed by atoms with Crippen molar-refractivity contribution in [3.63, 3.8) is 0 Å². The van der Waals surface area contributed by atoms with Crippen LogP contribution in [0, 0.1) is 6.92 Å². The highest BCUT2D eigenvalue weighted by atomic mass is 35.5. The van der Waals surface area contributed by atoms with Crippen LogP contribution in [0.3, 0.4) is 0 Å². The van der Waals surface area contributed by atoms with Gasteiger partial charge in [-0.25, -0.2) is 0 Å². The number of benzene rings is 1. The molecule has 0 aliphatic rings. The van der Waals surface area contributed by atoms with Crippen molar-refractivity contribution in [2.24, 2.45) is 0 Å². The van der Waals surface area contributed by atoms with E-state index < -0.39 is 0 Å². The number of carbonyl (C=O) groups is 1. The molecule has 3 nitrogen and oxygen atoms in total. The van der Waals surface area contributed by atoms with Crippen LogP contribution >= 0.6 is 22.9 Å². The molecular weight excluding hydrogens is 268 g/mol. The number of hydrogen-bond acceptors (Lipinski definition) is 3. The molecular formula is C13H13ClN2OS. The predicted molar refractivity (Wildman–Crippen MR) is 76.1 cm³/mol. The first-order valence-electron chi connectivity index (χ1n) is 5.45. The van der Waals surface area contributed by atoms with Crippen molar-refractivity contribution in [2.75, 3.05) is 5.73 Å². The fourth-order valence-electron chi connectivity index (χ4n) is 1.70. The summed E-state index contributed by atoms with van der Waals surface area (Å²) in [7, 11) is 0. The Bertz CT molecular complexity index is 560. The average molecular weight is 281 g/mol. The van der Waals surface area contributed by atoms with E-state index in [-0.39, 0.29) is 5.91 Å². The van der Waals surface area contributed by atoms with Gasteiger partial charge >= 0.3 is 0 Å². The lowest BCUT2D eigenvalue weighted by atomic mass is 10.1. The maximum absolute atomic E-state index is 12.0. The zero-order valence-electron chi connectivity index (χ0n) is 9.87. The van der Waals surface area contributed by atoms with E-state index in [0.29, 0.717) is 17.8 Å². The maximum atomic E-state index is 12.0. The second kappa shape index (κ2) is 5.42. The SMILES string of the molecule is Cc1cccc(N)c1C(=O)NCc1ccc(Cl)s1. The average Bonchev–Trinajstić information content (AvgIpc) is 2.72. The minimum Gasteiger partial charge on any atom is -0.398 e. The number of carbonyl (C=O) groups excluding carboxylic acids is 1. The van der Waals surface area contributed by atoms with Gasteiger partial charge in [0.1, 0.15) is 0 Å². The van der Waals surface area contributed by atoms with Crippen molar-refractivity contribution in [1.82, 2.24) is 5.32 Å². The van der Waals surface area contributed by atoms with Crippen LogP contribution in [0.2, 0.25) is 4.34 Å². The number of amides is 1. The molecule has 0 unspecified atom stereocenters. The lowest BCUT2D eigenvalue weighted by molar-refractivity contribution is 0.0951. The Morgan fingerprint density at radius 3 is 2.78 bits per heavy atom. The Morgan fingerprint density at radius 1 is 1.39 bits per heavy atom. The van der Waals surface area contributed by atoms with Crippen LogP contribution < -0.4 is 11.1 Å². The Kier molecular flexibility index (Phi) is 3.89. The summed E-state index contributed by atoms with van der Waals surface area (Å²) in [5, 5.41) is 2.84. The fourth-order valence-corrected chi connectivity index (χ4v) is 2.73. The van der Waals surface area contributed by atoms with Gasteiger partial charge in [0, 0.05) is 10.6 Å². The molecule has 0 aliphatic carbocycles. The Labute approximate surface area is 115 Å². The van der Waals surface area contributed by atoms with Crippen molar-refractivity contribution < 1.29 is 4.79 Å². The number of nitrogens with one attached hydrogen (secondary N) is 1. The van der Waals surface area contributed by atoms with Gasteiger partial charge in [-0.05, 0) is 30.7 Å². The van der Waals surface area contributed by atoms with Crippen LogP contribution in [0.1, 0.15) is 20.8 Å². The normalized spacial score (nSPS) is 10.3. The topological polar surface area (TPSA) is 55.1 Å². The molecule has 0 atom stereocenters. The number of nitrogens with two attached hydrogens (primary N) is 1. The third kappa shape index (κ3) is 2.83. The van der Waals surface area contributed by atoms with Gasteiger partial charge in [-0.2, -0.15) is 0 Å². The van der Waals surface area contributed by atoms with Crippen molar-refractivity contribution >= 4 is 34.5 Å². The monoisotopic (exact) mass is 280 g/mol. The van der Waals surface area contributed by atoms with Gasteiger partial charge in [0.25, 0.3) is 5.91 Å². The highest BCUT2D eigenvalue weighted by Crippen LogP contribution is 2.21. The number of anilines is 1. The third-order valence-corrected chi connectivity index (χ3v) is 3.82. The van der Waals surface area contributed by atoms with E-state index >= 15 is 0 Å². The van der Waals surface area contributed by atoms with E-state index in [1.807, 2.05) is 31.2 Å². The van der Waals surface area contributed by atoms with Crippen molar-refractivity contribution in [3.8, 4) is 0 Å². The summed E-state index contributed by atoms with van der Waals surface area (Å²) in [6.07, 6.45) is 0. The van der Waals surface area contributed by atoms with Crippen molar-refractivity contribution in [1.29, 1.82) is 0 Å². The lowest BCUT2D eigenvalue weighted by Crippen LogP contribution is -2.24. The summed E-state index contributed by atoms with van der Waals surface area (Å²) < 4.78 is 0.717. The quantitative estimate of drug-likeness (QED) is 0.848. The number of rotatable bonds is 3. The highest BCUT2D eigenvalue weighted by molar-refractivity contribution is 7.16. The second-order valence-corrected chi connectivity index (χ2v) is 5.73. The third-order valence-electron chi connectivity index (χ3n) is 2.58. The van der Waals surface area contributed by atoms with Gasteiger partial charge in [-0.3, -0.25) is 4.79 Å². The van der Waals surface area contributed by atoms with Crippen LogP contribution in [0.4, 0.5) is 5.69 Å². The number of aryl methyl sites for hydroxylation is 1. The number of halogens is 1. The Balaban J connectivity index is 2.08. The van der Waals surface area contributed by atoms with E-state index in [1.165, 1.54) is 11.3 Å². The number of nitrogen functional groups attached to an aromatic ring is 1. The fraction of sp³-hybridized carbons (Fsp3) is 0.154. The lowest BCUT2D eigenvalue weighted by Gasteiger charge is -2.09. The molecule has 0 bridgehead atoms. The predicted octanol–water partition coefficient (Wildman–Crippen LogP) is 3.22. The number of hydrogen-bond donors (Lipinski definition) is 2. The van der Waals surface area contributed by atoms with Gasteiger partial charge in [-0.1, -0.05) is 23.7 Å². The minimum absolute atomic E-state index is 0.157. The van der Waals surface area contributed by atoms with Crippen LogP contribution in [-0.2, 0) is 6.54 Å². The summed E-state index contributed by atoms with van der Waals surface area (Å²) in [6, 6.07) is 9.14. The van der Waals surface area contributed by atoms with Crippen LogP contribution in [0.25, 0.3) is 0 Å². The van der Waals surface area contributed by atoms with E-state index in [0.717, 1.165) is 14.8 Å². The Hall–Kier alpha value is -1.52. The smallest absolute Gasteiger partial charge is 0.253 e. The summed E-state index contributed by atoms with van der Waals surface area (Å²) in [6.45, 7) is 2.33. The first-order chi connectivity index (χ1) is 8.58. The van der Waals surface area contributed by atoms with Gasteiger partial charge in [0.05, 0.1) is 16.4 Å². The minimum atomic E-state index is -0.157. The molecule has 3 N–H and O–H groups in total. The van der Waals surface area contributed by atoms with Gasteiger partial charge in [0.2, 0.25) is 0 Å². The molecule has 2 aromatic rings. The second-order valence-electron chi connectivity index (χ2n) is 3.93. The molecule has 0 aliphatic heterocycles. The number of thiophene rings is 1. The molecule has 1 amide bonds. The molecule has 0 fully saturated rings. The van der Waals surface area contributed by atoms with E-state index in [1.54, 1.807) is 6.07 Å². The molecule has 2 rings (SSSR count). The zero-order valence-corrected chi connectivity index (χ0v) is 11.4. The van der Waals surface area contributed by atoms with Gasteiger partial charge in [0.15, 0.2) is 0 Å². The standard InChI is InChI=1S/C13H13ClN2OS/c1-8-3-2-4-10(15)12(8)13(17)16-7-9-5-6-11(14)18-9/h2-6H,7,15H2,1H3,(H,16,17). The van der Waals surface area contributed by atoms with Crippen molar-refractivity contribution in [3.05, 3.63) is 50.7 Å².